The Balaban J connectivity index is 2.49. The van der Waals surface area contributed by atoms with Gasteiger partial charge in [0.25, 0.3) is 0 Å². The van der Waals surface area contributed by atoms with Crippen molar-refractivity contribution in [2.75, 3.05) is 0 Å². The molecule has 17 heavy (non-hydrogen) atoms. The van der Waals surface area contributed by atoms with Crippen LogP contribution in [0, 0.1) is 5.82 Å². The van der Waals surface area contributed by atoms with E-state index in [0.717, 1.165) is 0 Å². The molecule has 0 spiro atoms. The summed E-state index contributed by atoms with van der Waals surface area (Å²) < 4.78 is 13.5. The molecule has 1 heterocycles. The van der Waals surface area contributed by atoms with Crippen molar-refractivity contribution >= 4 is 33.5 Å². The topological polar surface area (TPSA) is 66.0 Å². The summed E-state index contributed by atoms with van der Waals surface area (Å²) >= 11 is 8.70. The zero-order valence-corrected chi connectivity index (χ0v) is 10.5. The fourth-order valence-corrected chi connectivity index (χ4v) is 2.08. The molecule has 0 aliphatic carbocycles. The van der Waals surface area contributed by atoms with Gasteiger partial charge < -0.3 is 5.11 Å². The quantitative estimate of drug-likeness (QED) is 0.834. The molecule has 0 unspecified atom stereocenters. The van der Waals surface area contributed by atoms with E-state index in [2.05, 4.69) is 26.1 Å². The zero-order chi connectivity index (χ0) is 12.6. The second-order valence-electron chi connectivity index (χ2n) is 3.23. The van der Waals surface area contributed by atoms with Crippen LogP contribution in [0.25, 0.3) is 11.3 Å². The lowest BCUT2D eigenvalue weighted by Crippen LogP contribution is -1.95. The molecule has 0 atom stereocenters. The number of rotatable bonds is 2. The third-order valence-corrected chi connectivity index (χ3v) is 2.94. The SMILES string of the molecule is O=C(O)c1cc(-c2cc(Cl)c(F)c(Br)c2)n[nH]1. The van der Waals surface area contributed by atoms with Crippen LogP contribution in [-0.2, 0) is 0 Å². The molecular formula is C10H5BrClFN2O2. The first-order valence-corrected chi connectivity index (χ1v) is 5.59. The molecule has 0 amide bonds. The standard InChI is InChI=1S/C10H5BrClFN2O2/c11-5-1-4(2-6(12)9(5)13)7-3-8(10(16)17)15-14-7/h1-3H,(H,14,15)(H,16,17). The van der Waals surface area contributed by atoms with Crippen LogP contribution in [0.15, 0.2) is 22.7 Å². The molecule has 4 nitrogen and oxygen atoms in total. The molecule has 0 saturated heterocycles. The summed E-state index contributed by atoms with van der Waals surface area (Å²) in [6.07, 6.45) is 0. The van der Waals surface area contributed by atoms with E-state index in [1.165, 1.54) is 18.2 Å². The van der Waals surface area contributed by atoms with Gasteiger partial charge in [0.2, 0.25) is 0 Å². The molecule has 0 fully saturated rings. The number of carboxylic acid groups (broad SMARTS) is 1. The van der Waals surface area contributed by atoms with Gasteiger partial charge in [-0.25, -0.2) is 9.18 Å². The van der Waals surface area contributed by atoms with Crippen molar-refractivity contribution in [1.29, 1.82) is 0 Å². The molecule has 0 bridgehead atoms. The van der Waals surface area contributed by atoms with Gasteiger partial charge in [-0.2, -0.15) is 5.10 Å². The molecule has 2 rings (SSSR count). The summed E-state index contributed by atoms with van der Waals surface area (Å²) in [5.41, 5.74) is 0.855. The fourth-order valence-electron chi connectivity index (χ4n) is 1.28. The van der Waals surface area contributed by atoms with Gasteiger partial charge in [0.05, 0.1) is 15.2 Å². The monoisotopic (exact) mass is 318 g/mol. The summed E-state index contributed by atoms with van der Waals surface area (Å²) in [6, 6.07) is 4.20. The van der Waals surface area contributed by atoms with Crippen molar-refractivity contribution < 1.29 is 14.3 Å². The Kier molecular flexibility index (Phi) is 3.17. The van der Waals surface area contributed by atoms with Gasteiger partial charge in [-0.1, -0.05) is 11.6 Å². The number of halogens is 3. The number of H-pyrrole nitrogens is 1. The second kappa shape index (κ2) is 4.46. The van der Waals surface area contributed by atoms with Crippen LogP contribution in [-0.4, -0.2) is 21.3 Å². The molecule has 88 valence electrons. The first-order chi connectivity index (χ1) is 7.99. The maximum atomic E-state index is 13.3. The third-order valence-electron chi connectivity index (χ3n) is 2.09. The highest BCUT2D eigenvalue weighted by molar-refractivity contribution is 9.10. The predicted molar refractivity (Wildman–Crippen MR) is 63.7 cm³/mol. The maximum absolute atomic E-state index is 13.3. The molecule has 1 aromatic carbocycles. The molecule has 0 saturated carbocycles. The number of aromatic nitrogens is 2. The molecular weight excluding hydrogens is 314 g/mol. The van der Waals surface area contributed by atoms with Crippen molar-refractivity contribution in [1.82, 2.24) is 10.2 Å². The Bertz CT molecular complexity index is 577. The number of nitrogens with zero attached hydrogens (tertiary/aromatic N) is 1. The van der Waals surface area contributed by atoms with Crippen molar-refractivity contribution in [3.05, 3.63) is 39.2 Å². The summed E-state index contributed by atoms with van der Waals surface area (Å²) in [7, 11) is 0. The molecule has 0 aliphatic rings. The minimum Gasteiger partial charge on any atom is -0.477 e. The van der Waals surface area contributed by atoms with Crippen LogP contribution >= 0.6 is 27.5 Å². The summed E-state index contributed by atoms with van der Waals surface area (Å²) in [5, 5.41) is 14.8. The fraction of sp³-hybridized carbons (Fsp3) is 0. The van der Waals surface area contributed by atoms with Crippen molar-refractivity contribution in [2.24, 2.45) is 0 Å². The normalized spacial score (nSPS) is 10.5. The zero-order valence-electron chi connectivity index (χ0n) is 8.17. The van der Waals surface area contributed by atoms with Gasteiger partial charge in [0.1, 0.15) is 5.69 Å². The predicted octanol–water partition coefficient (Wildman–Crippen LogP) is 3.33. The second-order valence-corrected chi connectivity index (χ2v) is 4.49. The van der Waals surface area contributed by atoms with Crippen LogP contribution in [0.4, 0.5) is 4.39 Å². The smallest absolute Gasteiger partial charge is 0.353 e. The van der Waals surface area contributed by atoms with Gasteiger partial charge in [-0.3, -0.25) is 5.10 Å². The number of carbonyl (C=O) groups is 1. The van der Waals surface area contributed by atoms with E-state index in [1.807, 2.05) is 0 Å². The molecule has 1 aromatic heterocycles. The van der Waals surface area contributed by atoms with Crippen LogP contribution in [0.3, 0.4) is 0 Å². The third kappa shape index (κ3) is 2.32. The van der Waals surface area contributed by atoms with Crippen LogP contribution < -0.4 is 0 Å². The van der Waals surface area contributed by atoms with Gasteiger partial charge in [0.15, 0.2) is 5.82 Å². The molecule has 0 aliphatic heterocycles. The van der Waals surface area contributed by atoms with Crippen molar-refractivity contribution in [3.8, 4) is 11.3 Å². The number of hydrogen-bond acceptors (Lipinski definition) is 2. The molecule has 0 radical (unpaired) electrons. The number of nitrogens with one attached hydrogen (secondary N) is 1. The number of aromatic amines is 1. The van der Waals surface area contributed by atoms with Crippen LogP contribution in [0.5, 0.6) is 0 Å². The number of carboxylic acids is 1. The minimum atomic E-state index is -1.11. The van der Waals surface area contributed by atoms with Crippen LogP contribution in [0.1, 0.15) is 10.5 Å². The minimum absolute atomic E-state index is 0.0448. The molecule has 2 N–H and O–H groups in total. The van der Waals surface area contributed by atoms with Gasteiger partial charge in [0, 0.05) is 5.56 Å². The average Bonchev–Trinajstić information content (AvgIpc) is 2.74. The summed E-state index contributed by atoms with van der Waals surface area (Å²) in [4.78, 5) is 10.7. The van der Waals surface area contributed by atoms with Crippen LogP contribution in [0.2, 0.25) is 5.02 Å². The summed E-state index contributed by atoms with van der Waals surface area (Å²) in [6.45, 7) is 0. The van der Waals surface area contributed by atoms with Crippen molar-refractivity contribution in [3.63, 3.8) is 0 Å². The maximum Gasteiger partial charge on any atom is 0.353 e. The number of aromatic carboxylic acids is 1. The van der Waals surface area contributed by atoms with E-state index in [0.29, 0.717) is 11.3 Å². The molecule has 2 aromatic rings. The van der Waals surface area contributed by atoms with E-state index in [1.54, 1.807) is 0 Å². The number of hydrogen-bond donors (Lipinski definition) is 2. The lowest BCUT2D eigenvalue weighted by atomic mass is 10.1. The van der Waals surface area contributed by atoms with Gasteiger partial charge >= 0.3 is 5.97 Å². The Labute approximate surface area is 109 Å². The highest BCUT2D eigenvalue weighted by Crippen LogP contribution is 2.30. The van der Waals surface area contributed by atoms with E-state index in [4.69, 9.17) is 16.7 Å². The Morgan fingerprint density at radius 3 is 2.71 bits per heavy atom. The lowest BCUT2D eigenvalue weighted by Gasteiger charge is -2.01. The average molecular weight is 320 g/mol. The van der Waals surface area contributed by atoms with Gasteiger partial charge in [-0.05, 0) is 34.1 Å². The van der Waals surface area contributed by atoms with E-state index >= 15 is 0 Å². The largest absolute Gasteiger partial charge is 0.477 e. The highest BCUT2D eigenvalue weighted by Gasteiger charge is 2.13. The highest BCUT2D eigenvalue weighted by atomic mass is 79.9. The Hall–Kier alpha value is -1.40. The first-order valence-electron chi connectivity index (χ1n) is 4.42. The van der Waals surface area contributed by atoms with E-state index in [9.17, 15) is 9.18 Å². The van der Waals surface area contributed by atoms with Gasteiger partial charge in [-0.15, -0.1) is 0 Å². The van der Waals surface area contributed by atoms with E-state index < -0.39 is 11.8 Å². The Morgan fingerprint density at radius 2 is 2.18 bits per heavy atom. The Morgan fingerprint density at radius 1 is 1.47 bits per heavy atom. The van der Waals surface area contributed by atoms with E-state index in [-0.39, 0.29) is 15.2 Å². The lowest BCUT2D eigenvalue weighted by molar-refractivity contribution is 0.0690. The number of benzene rings is 1. The summed E-state index contributed by atoms with van der Waals surface area (Å²) in [5.74, 6) is -1.68. The molecule has 7 heteroatoms. The first kappa shape index (κ1) is 12.1. The van der Waals surface area contributed by atoms with Crippen molar-refractivity contribution in [2.45, 2.75) is 0 Å².